The smallest absolute Gasteiger partial charge is 0.231 e. The minimum atomic E-state index is -0.366. The van der Waals surface area contributed by atoms with E-state index in [-0.39, 0.29) is 11.3 Å². The Kier molecular flexibility index (Phi) is 4.31. The molecule has 0 radical (unpaired) electrons. The van der Waals surface area contributed by atoms with Crippen molar-refractivity contribution in [1.82, 2.24) is 25.3 Å². The first kappa shape index (κ1) is 16.0. The number of amides is 1. The summed E-state index contributed by atoms with van der Waals surface area (Å²) in [6, 6.07) is 7.83. The second-order valence-corrected chi connectivity index (χ2v) is 7.26. The van der Waals surface area contributed by atoms with Gasteiger partial charge in [-0.1, -0.05) is 24.1 Å². The monoisotopic (exact) mass is 353 g/mol. The summed E-state index contributed by atoms with van der Waals surface area (Å²) in [5, 5.41) is 13.4. The molecule has 1 saturated carbocycles. The molecule has 0 aliphatic heterocycles. The quantitative estimate of drug-likeness (QED) is 0.765. The summed E-state index contributed by atoms with van der Waals surface area (Å²) >= 11 is 1.67. The van der Waals surface area contributed by atoms with Gasteiger partial charge in [0.2, 0.25) is 5.91 Å². The summed E-state index contributed by atoms with van der Waals surface area (Å²) in [4.78, 5) is 18.1. The van der Waals surface area contributed by atoms with Crippen molar-refractivity contribution in [2.45, 2.75) is 37.6 Å². The van der Waals surface area contributed by atoms with Crippen molar-refractivity contribution in [1.29, 1.82) is 0 Å². The van der Waals surface area contributed by atoms with E-state index in [1.807, 2.05) is 29.8 Å². The number of nitrogens with zero attached hydrogens (tertiary/aromatic N) is 4. The van der Waals surface area contributed by atoms with Gasteiger partial charge in [0.15, 0.2) is 0 Å². The van der Waals surface area contributed by atoms with Gasteiger partial charge in [0.25, 0.3) is 0 Å². The molecule has 3 aromatic heterocycles. The van der Waals surface area contributed by atoms with Gasteiger partial charge in [-0.15, -0.1) is 16.4 Å². The number of nitrogens with one attached hydrogen (secondary N) is 1. The number of hydrogen-bond donors (Lipinski definition) is 1. The normalized spacial score (nSPS) is 16.0. The van der Waals surface area contributed by atoms with Crippen molar-refractivity contribution in [3.05, 3.63) is 58.8 Å². The predicted octanol–water partition coefficient (Wildman–Crippen LogP) is 2.85. The van der Waals surface area contributed by atoms with Gasteiger partial charge >= 0.3 is 0 Å². The van der Waals surface area contributed by atoms with Crippen LogP contribution < -0.4 is 5.32 Å². The van der Waals surface area contributed by atoms with Gasteiger partial charge in [0, 0.05) is 17.3 Å². The van der Waals surface area contributed by atoms with Gasteiger partial charge < -0.3 is 5.32 Å². The Morgan fingerprint density at radius 1 is 1.24 bits per heavy atom. The van der Waals surface area contributed by atoms with E-state index < -0.39 is 0 Å². The molecule has 1 amide bonds. The van der Waals surface area contributed by atoms with Gasteiger partial charge in [-0.05, 0) is 36.4 Å². The summed E-state index contributed by atoms with van der Waals surface area (Å²) in [6.45, 7) is 0.386. The lowest BCUT2D eigenvalue weighted by atomic mass is 9.83. The Bertz CT molecular complexity index is 838. The van der Waals surface area contributed by atoms with Gasteiger partial charge in [-0.25, -0.2) is 4.68 Å². The fourth-order valence-electron chi connectivity index (χ4n) is 3.46. The highest BCUT2D eigenvalue weighted by Crippen LogP contribution is 2.43. The molecule has 25 heavy (non-hydrogen) atoms. The van der Waals surface area contributed by atoms with Crippen molar-refractivity contribution in [3.8, 4) is 5.69 Å². The Labute approximate surface area is 149 Å². The van der Waals surface area contributed by atoms with Crippen LogP contribution in [0.4, 0.5) is 0 Å². The molecule has 0 bridgehead atoms. The molecule has 3 aromatic rings. The maximum absolute atomic E-state index is 12.9. The molecule has 6 nitrogen and oxygen atoms in total. The number of aromatic nitrogens is 4. The van der Waals surface area contributed by atoms with E-state index in [1.165, 1.54) is 4.88 Å². The van der Waals surface area contributed by atoms with E-state index >= 15 is 0 Å². The topological polar surface area (TPSA) is 72.7 Å². The Morgan fingerprint density at radius 2 is 2.04 bits per heavy atom. The maximum Gasteiger partial charge on any atom is 0.231 e. The molecule has 4 rings (SSSR count). The number of carbonyl (C=O) groups is 1. The molecule has 1 N–H and O–H groups in total. The van der Waals surface area contributed by atoms with Crippen molar-refractivity contribution in [2.75, 3.05) is 0 Å². The minimum Gasteiger partial charge on any atom is -0.350 e. The first-order valence-corrected chi connectivity index (χ1v) is 9.30. The lowest BCUT2D eigenvalue weighted by Crippen LogP contribution is -2.41. The molecule has 1 aliphatic carbocycles. The standard InChI is InChI=1S/C18H19N5OS/c24-17(18(7-1-2-8-18)16-4-3-11-25-16)20-12-14-13-23(22-21-14)15-5-9-19-10-6-15/h3-6,9-11,13H,1-2,7-8,12H2,(H,20,24). The molecule has 128 valence electrons. The van der Waals surface area contributed by atoms with Crippen LogP contribution in [0.3, 0.4) is 0 Å². The lowest BCUT2D eigenvalue weighted by Gasteiger charge is -2.26. The van der Waals surface area contributed by atoms with Crippen LogP contribution in [0.2, 0.25) is 0 Å². The number of thiophene rings is 1. The lowest BCUT2D eigenvalue weighted by molar-refractivity contribution is -0.126. The molecular formula is C18H19N5OS. The SMILES string of the molecule is O=C(NCc1cn(-c2ccncc2)nn1)C1(c2cccs2)CCCC1. The maximum atomic E-state index is 12.9. The molecular weight excluding hydrogens is 334 g/mol. The highest BCUT2D eigenvalue weighted by atomic mass is 32.1. The zero-order chi connectivity index (χ0) is 17.1. The molecule has 3 heterocycles. The van der Waals surface area contributed by atoms with Crippen molar-refractivity contribution in [2.24, 2.45) is 0 Å². The summed E-state index contributed by atoms with van der Waals surface area (Å²) in [5.41, 5.74) is 1.27. The second-order valence-electron chi connectivity index (χ2n) is 6.31. The van der Waals surface area contributed by atoms with Gasteiger partial charge in [-0.3, -0.25) is 9.78 Å². The summed E-state index contributed by atoms with van der Waals surface area (Å²) in [7, 11) is 0. The fraction of sp³-hybridized carbons (Fsp3) is 0.333. The number of rotatable bonds is 5. The third-order valence-electron chi connectivity index (χ3n) is 4.78. The average molecular weight is 353 g/mol. The molecule has 0 aromatic carbocycles. The van der Waals surface area contributed by atoms with Crippen molar-refractivity contribution in [3.63, 3.8) is 0 Å². The van der Waals surface area contributed by atoms with Gasteiger partial charge in [0.05, 0.1) is 23.8 Å². The molecule has 0 unspecified atom stereocenters. The molecule has 0 atom stereocenters. The van der Waals surface area contributed by atoms with E-state index in [1.54, 1.807) is 28.4 Å². The summed E-state index contributed by atoms with van der Waals surface area (Å²) in [5.74, 6) is 0.103. The Morgan fingerprint density at radius 3 is 2.76 bits per heavy atom. The van der Waals surface area contributed by atoms with Crippen molar-refractivity contribution >= 4 is 17.2 Å². The first-order valence-electron chi connectivity index (χ1n) is 8.42. The molecule has 1 aliphatic rings. The van der Waals surface area contributed by atoms with E-state index in [0.29, 0.717) is 6.54 Å². The number of pyridine rings is 1. The predicted molar refractivity (Wildman–Crippen MR) is 95.5 cm³/mol. The third-order valence-corrected chi connectivity index (χ3v) is 5.86. The Balaban J connectivity index is 1.46. The average Bonchev–Trinajstić information content (AvgIpc) is 3.42. The number of hydrogen-bond acceptors (Lipinski definition) is 5. The van der Waals surface area contributed by atoms with Gasteiger partial charge in [0.1, 0.15) is 5.69 Å². The zero-order valence-corrected chi connectivity index (χ0v) is 14.6. The van der Waals surface area contributed by atoms with E-state index in [9.17, 15) is 4.79 Å². The second kappa shape index (κ2) is 6.76. The largest absolute Gasteiger partial charge is 0.350 e. The highest BCUT2D eigenvalue weighted by Gasteiger charge is 2.43. The van der Waals surface area contributed by atoms with Crippen LogP contribution in [0.15, 0.2) is 48.2 Å². The van der Waals surface area contributed by atoms with E-state index in [4.69, 9.17) is 0 Å². The number of carbonyl (C=O) groups excluding carboxylic acids is 1. The molecule has 7 heteroatoms. The summed E-state index contributed by atoms with van der Waals surface area (Å²) < 4.78 is 1.69. The molecule has 1 fully saturated rings. The zero-order valence-electron chi connectivity index (χ0n) is 13.8. The van der Waals surface area contributed by atoms with Crippen molar-refractivity contribution < 1.29 is 4.79 Å². The van der Waals surface area contributed by atoms with Gasteiger partial charge in [-0.2, -0.15) is 0 Å². The van der Waals surface area contributed by atoms with Crippen LogP contribution in [0.5, 0.6) is 0 Å². The van der Waals surface area contributed by atoms with Crippen LogP contribution in [0.1, 0.15) is 36.3 Å². The first-order chi connectivity index (χ1) is 12.3. The van der Waals surface area contributed by atoms with E-state index in [0.717, 1.165) is 37.1 Å². The van der Waals surface area contributed by atoms with Crippen LogP contribution in [-0.2, 0) is 16.8 Å². The summed E-state index contributed by atoms with van der Waals surface area (Å²) in [6.07, 6.45) is 9.30. The molecule has 0 spiro atoms. The Hall–Kier alpha value is -2.54. The molecule has 0 saturated heterocycles. The van der Waals surface area contributed by atoms with Crippen LogP contribution in [0, 0.1) is 0 Å². The minimum absolute atomic E-state index is 0.103. The highest BCUT2D eigenvalue weighted by molar-refractivity contribution is 7.10. The van der Waals surface area contributed by atoms with Crippen LogP contribution in [-0.4, -0.2) is 25.9 Å². The third kappa shape index (κ3) is 3.07. The van der Waals surface area contributed by atoms with Crippen LogP contribution >= 0.6 is 11.3 Å². The van der Waals surface area contributed by atoms with E-state index in [2.05, 4.69) is 26.7 Å². The fourth-order valence-corrected chi connectivity index (χ4v) is 4.44. The van der Waals surface area contributed by atoms with Crippen LogP contribution in [0.25, 0.3) is 5.69 Å².